The minimum absolute atomic E-state index is 0.233. The zero-order chi connectivity index (χ0) is 18.1. The number of benzene rings is 1. The van der Waals surface area contributed by atoms with Gasteiger partial charge in [0.05, 0.1) is 11.4 Å². The van der Waals surface area contributed by atoms with E-state index in [0.717, 1.165) is 25.9 Å². The number of anilines is 2. The molecular weight excluding hydrogens is 412 g/mol. The predicted octanol–water partition coefficient (Wildman–Crippen LogP) is 4.37. The molecule has 0 saturated heterocycles. The van der Waals surface area contributed by atoms with Crippen molar-refractivity contribution in [2.45, 2.75) is 0 Å². The van der Waals surface area contributed by atoms with Crippen molar-refractivity contribution in [3.8, 4) is 11.3 Å². The molecule has 7 heteroatoms. The van der Waals surface area contributed by atoms with Crippen molar-refractivity contribution in [2.75, 3.05) is 11.1 Å². The van der Waals surface area contributed by atoms with Gasteiger partial charge in [-0.1, -0.05) is 15.9 Å². The SMILES string of the molecule is Nc1c(C(=O)Nc2ccc(Br)cc2)sc2nc(-c3cc[nH+]cc3)ccc12. The number of thiophene rings is 1. The molecule has 0 aliphatic carbocycles. The van der Waals surface area contributed by atoms with Gasteiger partial charge in [0.2, 0.25) is 0 Å². The molecule has 1 aromatic carbocycles. The van der Waals surface area contributed by atoms with Crippen LogP contribution in [0.15, 0.2) is 65.4 Å². The quantitative estimate of drug-likeness (QED) is 0.510. The van der Waals surface area contributed by atoms with Crippen LogP contribution in [0.25, 0.3) is 21.5 Å². The third-order valence-corrected chi connectivity index (χ3v) is 5.56. The van der Waals surface area contributed by atoms with Gasteiger partial charge in [-0.15, -0.1) is 11.3 Å². The highest BCUT2D eigenvalue weighted by molar-refractivity contribution is 9.10. The molecule has 0 atom stereocenters. The Labute approximate surface area is 162 Å². The number of aromatic amines is 1. The van der Waals surface area contributed by atoms with E-state index in [-0.39, 0.29) is 5.91 Å². The number of carbonyl (C=O) groups is 1. The van der Waals surface area contributed by atoms with Gasteiger partial charge in [-0.25, -0.2) is 9.97 Å². The van der Waals surface area contributed by atoms with Gasteiger partial charge in [-0.2, -0.15) is 0 Å². The van der Waals surface area contributed by atoms with Gasteiger partial charge in [0.15, 0.2) is 12.4 Å². The summed E-state index contributed by atoms with van der Waals surface area (Å²) < 4.78 is 0.951. The lowest BCUT2D eigenvalue weighted by Gasteiger charge is -2.04. The number of pyridine rings is 2. The summed E-state index contributed by atoms with van der Waals surface area (Å²) in [6, 6.07) is 15.1. The van der Waals surface area contributed by atoms with E-state index in [2.05, 4.69) is 31.2 Å². The maximum absolute atomic E-state index is 12.6. The van der Waals surface area contributed by atoms with Gasteiger partial charge >= 0.3 is 0 Å². The van der Waals surface area contributed by atoms with Gasteiger partial charge < -0.3 is 11.1 Å². The third kappa shape index (κ3) is 3.18. The van der Waals surface area contributed by atoms with Gasteiger partial charge in [-0.3, -0.25) is 4.79 Å². The van der Waals surface area contributed by atoms with E-state index < -0.39 is 0 Å². The van der Waals surface area contributed by atoms with Crippen LogP contribution < -0.4 is 16.0 Å². The minimum atomic E-state index is -0.233. The molecule has 0 spiro atoms. The first-order valence-corrected chi connectivity index (χ1v) is 9.45. The Balaban J connectivity index is 1.68. The Morgan fingerprint density at radius 2 is 1.81 bits per heavy atom. The van der Waals surface area contributed by atoms with Gasteiger partial charge in [0.25, 0.3) is 5.91 Å². The molecule has 128 valence electrons. The summed E-state index contributed by atoms with van der Waals surface area (Å²) in [7, 11) is 0. The van der Waals surface area contributed by atoms with E-state index in [1.807, 2.05) is 60.9 Å². The van der Waals surface area contributed by atoms with E-state index >= 15 is 0 Å². The summed E-state index contributed by atoms with van der Waals surface area (Å²) in [5.41, 5.74) is 9.21. The van der Waals surface area contributed by atoms with E-state index in [1.165, 1.54) is 11.3 Å². The summed E-state index contributed by atoms with van der Waals surface area (Å²) in [6.07, 6.45) is 3.70. The lowest BCUT2D eigenvalue weighted by Crippen LogP contribution is -2.11. The highest BCUT2D eigenvalue weighted by Gasteiger charge is 2.18. The Hall–Kier alpha value is -2.77. The largest absolute Gasteiger partial charge is 0.397 e. The predicted molar refractivity (Wildman–Crippen MR) is 108 cm³/mol. The Morgan fingerprint density at radius 1 is 1.08 bits per heavy atom. The molecule has 1 amide bonds. The molecule has 26 heavy (non-hydrogen) atoms. The molecule has 0 radical (unpaired) electrons. The van der Waals surface area contributed by atoms with Gasteiger partial charge in [-0.05, 0) is 36.4 Å². The van der Waals surface area contributed by atoms with Crippen LogP contribution >= 0.6 is 27.3 Å². The molecule has 0 unspecified atom stereocenters. The topological polar surface area (TPSA) is 82.2 Å². The maximum Gasteiger partial charge on any atom is 0.267 e. The molecule has 0 saturated carbocycles. The highest BCUT2D eigenvalue weighted by atomic mass is 79.9. The minimum Gasteiger partial charge on any atom is -0.397 e. The molecule has 3 aromatic heterocycles. The number of aromatic nitrogens is 2. The summed E-state index contributed by atoms with van der Waals surface area (Å²) in [4.78, 5) is 21.5. The summed E-state index contributed by atoms with van der Waals surface area (Å²) >= 11 is 4.67. The molecule has 0 bridgehead atoms. The van der Waals surface area contributed by atoms with Crippen LogP contribution in [0.4, 0.5) is 11.4 Å². The zero-order valence-corrected chi connectivity index (χ0v) is 15.9. The van der Waals surface area contributed by atoms with Crippen molar-refractivity contribution in [1.29, 1.82) is 0 Å². The second-order valence-electron chi connectivity index (χ2n) is 5.64. The number of amides is 1. The van der Waals surface area contributed by atoms with E-state index in [1.54, 1.807) is 0 Å². The molecule has 4 aromatic rings. The van der Waals surface area contributed by atoms with Crippen LogP contribution in [0.3, 0.4) is 0 Å². The van der Waals surface area contributed by atoms with E-state index in [0.29, 0.717) is 16.3 Å². The molecule has 3 heterocycles. The third-order valence-electron chi connectivity index (χ3n) is 3.92. The van der Waals surface area contributed by atoms with Crippen molar-refractivity contribution in [3.63, 3.8) is 0 Å². The molecule has 5 nitrogen and oxygen atoms in total. The highest BCUT2D eigenvalue weighted by Crippen LogP contribution is 2.34. The van der Waals surface area contributed by atoms with Crippen molar-refractivity contribution in [1.82, 2.24) is 4.98 Å². The number of rotatable bonds is 3. The second-order valence-corrected chi connectivity index (χ2v) is 7.56. The normalized spacial score (nSPS) is 10.8. The van der Waals surface area contributed by atoms with Gasteiger partial charge in [0.1, 0.15) is 9.71 Å². The average Bonchev–Trinajstić information content (AvgIpc) is 3.00. The number of carbonyl (C=O) groups excluding carboxylic acids is 1. The summed E-state index contributed by atoms with van der Waals surface area (Å²) in [6.45, 7) is 0. The van der Waals surface area contributed by atoms with Crippen LogP contribution in [0.5, 0.6) is 0 Å². The first-order valence-electron chi connectivity index (χ1n) is 7.84. The Kier molecular flexibility index (Phi) is 4.40. The average molecular weight is 426 g/mol. The number of nitrogen functional groups attached to an aromatic ring is 1. The molecule has 0 aliphatic rings. The number of nitrogens with two attached hydrogens (primary N) is 1. The first kappa shape index (κ1) is 16.7. The zero-order valence-electron chi connectivity index (χ0n) is 13.5. The van der Waals surface area contributed by atoms with Crippen LogP contribution in [0, 0.1) is 0 Å². The fraction of sp³-hybridized carbons (Fsp3) is 0. The number of fused-ring (bicyclic) bond motifs is 1. The molecule has 0 fully saturated rings. The van der Waals surface area contributed by atoms with Crippen LogP contribution in [-0.2, 0) is 0 Å². The monoisotopic (exact) mass is 425 g/mol. The number of nitrogens with one attached hydrogen (secondary N) is 2. The Bertz CT molecular complexity index is 1090. The fourth-order valence-corrected chi connectivity index (χ4v) is 3.86. The van der Waals surface area contributed by atoms with E-state index in [4.69, 9.17) is 5.73 Å². The van der Waals surface area contributed by atoms with Crippen LogP contribution in [0.2, 0.25) is 0 Å². The lowest BCUT2D eigenvalue weighted by atomic mass is 10.1. The number of hydrogen-bond donors (Lipinski definition) is 2. The summed E-state index contributed by atoms with van der Waals surface area (Å²) in [5.74, 6) is -0.233. The Morgan fingerprint density at radius 3 is 2.54 bits per heavy atom. The number of hydrogen-bond acceptors (Lipinski definition) is 4. The summed E-state index contributed by atoms with van der Waals surface area (Å²) in [5, 5.41) is 3.67. The number of H-pyrrole nitrogens is 1. The van der Waals surface area contributed by atoms with Crippen molar-refractivity contribution in [3.05, 3.63) is 70.3 Å². The van der Waals surface area contributed by atoms with Crippen molar-refractivity contribution < 1.29 is 9.78 Å². The lowest BCUT2D eigenvalue weighted by molar-refractivity contribution is -0.377. The standard InChI is InChI=1S/C19H13BrN4OS/c20-12-1-3-13(4-2-12)23-18(25)17-16(21)14-5-6-15(24-19(14)26-17)11-7-9-22-10-8-11/h1-10H,21H2,(H,23,25)/p+1. The second kappa shape index (κ2) is 6.86. The number of nitrogens with zero attached hydrogens (tertiary/aromatic N) is 1. The van der Waals surface area contributed by atoms with Crippen LogP contribution in [0.1, 0.15) is 9.67 Å². The fourth-order valence-electron chi connectivity index (χ4n) is 2.61. The maximum atomic E-state index is 12.6. The molecule has 0 aliphatic heterocycles. The molecule has 4 N–H and O–H groups in total. The van der Waals surface area contributed by atoms with Gasteiger partial charge in [0, 0.05) is 33.2 Å². The molecule has 4 rings (SSSR count). The van der Waals surface area contributed by atoms with Crippen LogP contribution in [-0.4, -0.2) is 10.9 Å². The smallest absolute Gasteiger partial charge is 0.267 e. The number of halogens is 1. The van der Waals surface area contributed by atoms with Crippen molar-refractivity contribution >= 4 is 54.8 Å². The van der Waals surface area contributed by atoms with Crippen molar-refractivity contribution in [2.24, 2.45) is 0 Å². The van der Waals surface area contributed by atoms with E-state index in [9.17, 15) is 4.79 Å². The first-order chi connectivity index (χ1) is 12.6. The molecular formula is C19H14BrN4OS+.